The molecule has 3 unspecified atom stereocenters. The molecule has 0 fully saturated rings. The van der Waals surface area contributed by atoms with Gasteiger partial charge in [0, 0.05) is 13.0 Å². The van der Waals surface area contributed by atoms with E-state index in [0.717, 1.165) is 77.0 Å². The standard InChI is InChI=1S/C36H65N2O6P/c1-3-5-7-9-11-13-15-16-17-18-19-20-22-24-26-28-30-36(40)38-34(33-44-45(41,42)43-32-31-37)35(39)29-27-25-23-21-14-12-10-8-6-4-2/h6,8,13-15,17-18,21,27,29,34-35,39H,3-5,7,9-12,16,19-20,22-26,28,30-33,37H2,1-2H3,(H,38,40)(H,41,42)/b8-6+,15-13-,18-17-,21-14+,29-27+. The minimum atomic E-state index is -4.34. The maximum Gasteiger partial charge on any atom is 0.472 e. The van der Waals surface area contributed by atoms with Gasteiger partial charge < -0.3 is 21.1 Å². The van der Waals surface area contributed by atoms with Gasteiger partial charge in [-0.1, -0.05) is 113 Å². The van der Waals surface area contributed by atoms with Crippen LogP contribution in [0.3, 0.4) is 0 Å². The van der Waals surface area contributed by atoms with Gasteiger partial charge in [-0.3, -0.25) is 13.8 Å². The van der Waals surface area contributed by atoms with Crippen LogP contribution in [0.25, 0.3) is 0 Å². The molecule has 0 heterocycles. The Bertz CT molecular complexity index is 887. The van der Waals surface area contributed by atoms with Crippen molar-refractivity contribution in [3.63, 3.8) is 0 Å². The quantitative estimate of drug-likeness (QED) is 0.0334. The third kappa shape index (κ3) is 30.6. The Balaban J connectivity index is 4.42. The fraction of sp³-hybridized carbons (Fsp3) is 0.694. The Hall–Kier alpha value is -1.80. The van der Waals surface area contributed by atoms with Crippen molar-refractivity contribution >= 4 is 13.7 Å². The number of phosphoric acid groups is 1. The minimum absolute atomic E-state index is 0.0664. The van der Waals surface area contributed by atoms with Crippen molar-refractivity contribution in [2.75, 3.05) is 19.8 Å². The van der Waals surface area contributed by atoms with Crippen LogP contribution in [0.4, 0.5) is 0 Å². The molecule has 0 radical (unpaired) electrons. The summed E-state index contributed by atoms with van der Waals surface area (Å²) in [5, 5.41) is 13.5. The molecule has 260 valence electrons. The van der Waals surface area contributed by atoms with E-state index in [2.05, 4.69) is 67.8 Å². The lowest BCUT2D eigenvalue weighted by Gasteiger charge is -2.23. The highest BCUT2D eigenvalue weighted by molar-refractivity contribution is 7.47. The molecule has 3 atom stereocenters. The number of amides is 1. The molecule has 0 aliphatic heterocycles. The zero-order valence-corrected chi connectivity index (χ0v) is 29.2. The normalized spacial score (nSPS) is 15.2. The smallest absolute Gasteiger partial charge is 0.387 e. The van der Waals surface area contributed by atoms with E-state index in [-0.39, 0.29) is 25.7 Å². The molecule has 45 heavy (non-hydrogen) atoms. The summed E-state index contributed by atoms with van der Waals surface area (Å²) in [6.07, 6.45) is 38.5. The first-order valence-corrected chi connectivity index (χ1v) is 18.9. The van der Waals surface area contributed by atoms with Gasteiger partial charge in [0.15, 0.2) is 0 Å². The second-order valence-electron chi connectivity index (χ2n) is 11.3. The second kappa shape index (κ2) is 32.2. The highest BCUT2D eigenvalue weighted by atomic mass is 31.2. The van der Waals surface area contributed by atoms with E-state index >= 15 is 0 Å². The van der Waals surface area contributed by atoms with E-state index in [4.69, 9.17) is 14.8 Å². The number of hydrogen-bond acceptors (Lipinski definition) is 6. The predicted octanol–water partition coefficient (Wildman–Crippen LogP) is 8.77. The molecule has 9 heteroatoms. The number of nitrogens with two attached hydrogens (primary N) is 1. The molecule has 0 saturated heterocycles. The van der Waals surface area contributed by atoms with Crippen LogP contribution in [0.15, 0.2) is 60.8 Å². The number of phosphoric ester groups is 1. The first kappa shape index (κ1) is 43.2. The van der Waals surface area contributed by atoms with Crippen LogP contribution < -0.4 is 11.1 Å². The zero-order chi connectivity index (χ0) is 33.3. The van der Waals surface area contributed by atoms with Gasteiger partial charge in [-0.2, -0.15) is 0 Å². The molecule has 0 saturated carbocycles. The van der Waals surface area contributed by atoms with Gasteiger partial charge in [0.1, 0.15) is 0 Å². The lowest BCUT2D eigenvalue weighted by molar-refractivity contribution is -0.123. The number of allylic oxidation sites excluding steroid dienone is 9. The minimum Gasteiger partial charge on any atom is -0.387 e. The summed E-state index contributed by atoms with van der Waals surface area (Å²) in [4.78, 5) is 22.5. The molecule has 0 spiro atoms. The molecular formula is C36H65N2O6P. The molecular weight excluding hydrogens is 587 g/mol. The molecule has 0 rings (SSSR count). The van der Waals surface area contributed by atoms with E-state index in [1.54, 1.807) is 6.08 Å². The first-order valence-electron chi connectivity index (χ1n) is 17.4. The van der Waals surface area contributed by atoms with Gasteiger partial charge in [0.2, 0.25) is 5.91 Å². The lowest BCUT2D eigenvalue weighted by Crippen LogP contribution is -2.45. The van der Waals surface area contributed by atoms with E-state index < -0.39 is 20.0 Å². The fourth-order valence-corrected chi connectivity index (χ4v) is 5.19. The molecule has 5 N–H and O–H groups in total. The number of carbonyl (C=O) groups is 1. The molecule has 8 nitrogen and oxygen atoms in total. The number of carbonyl (C=O) groups excluding carboxylic acids is 1. The van der Waals surface area contributed by atoms with E-state index in [9.17, 15) is 19.4 Å². The summed E-state index contributed by atoms with van der Waals surface area (Å²) in [6, 6.07) is -0.890. The summed E-state index contributed by atoms with van der Waals surface area (Å²) in [5.41, 5.74) is 5.33. The first-order chi connectivity index (χ1) is 21.9. The van der Waals surface area contributed by atoms with Crippen molar-refractivity contribution in [3.05, 3.63) is 60.8 Å². The number of nitrogens with one attached hydrogen (secondary N) is 1. The summed E-state index contributed by atoms with van der Waals surface area (Å²) < 4.78 is 21.9. The maximum atomic E-state index is 12.6. The monoisotopic (exact) mass is 652 g/mol. The number of aliphatic hydroxyl groups excluding tert-OH is 1. The molecule has 0 aromatic carbocycles. The Morgan fingerprint density at radius 2 is 1.31 bits per heavy atom. The second-order valence-corrected chi connectivity index (χ2v) is 12.8. The van der Waals surface area contributed by atoms with Crippen molar-refractivity contribution in [2.45, 2.75) is 142 Å². The number of unbranched alkanes of at least 4 members (excludes halogenated alkanes) is 11. The third-order valence-corrected chi connectivity index (χ3v) is 8.04. The van der Waals surface area contributed by atoms with Gasteiger partial charge in [-0.25, -0.2) is 4.57 Å². The lowest BCUT2D eigenvalue weighted by atomic mass is 10.1. The van der Waals surface area contributed by atoms with Crippen molar-refractivity contribution in [3.8, 4) is 0 Å². The predicted molar refractivity (Wildman–Crippen MR) is 189 cm³/mol. The van der Waals surface area contributed by atoms with Crippen molar-refractivity contribution < 1.29 is 28.4 Å². The Morgan fingerprint density at radius 1 is 0.756 bits per heavy atom. The van der Waals surface area contributed by atoms with Crippen molar-refractivity contribution in [2.24, 2.45) is 5.73 Å². The molecule has 0 bridgehead atoms. The fourth-order valence-electron chi connectivity index (χ4n) is 4.43. The van der Waals surface area contributed by atoms with Crippen molar-refractivity contribution in [1.82, 2.24) is 5.32 Å². The van der Waals surface area contributed by atoms with Gasteiger partial charge >= 0.3 is 7.82 Å². The van der Waals surface area contributed by atoms with Crippen LogP contribution in [-0.2, 0) is 18.4 Å². The number of hydrogen-bond donors (Lipinski definition) is 4. The third-order valence-electron chi connectivity index (χ3n) is 7.05. The Morgan fingerprint density at radius 3 is 1.93 bits per heavy atom. The van der Waals surface area contributed by atoms with Crippen LogP contribution in [0.5, 0.6) is 0 Å². The highest BCUT2D eigenvalue weighted by Gasteiger charge is 2.26. The summed E-state index contributed by atoms with van der Waals surface area (Å²) in [6.45, 7) is 3.91. The Kier molecular flexibility index (Phi) is 30.9. The van der Waals surface area contributed by atoms with Gasteiger partial charge in [0.05, 0.1) is 25.4 Å². The molecule has 0 aliphatic rings. The van der Waals surface area contributed by atoms with Crippen LogP contribution in [0.2, 0.25) is 0 Å². The highest BCUT2D eigenvalue weighted by Crippen LogP contribution is 2.43. The number of rotatable bonds is 31. The van der Waals surface area contributed by atoms with Gasteiger partial charge in [-0.05, 0) is 70.6 Å². The molecule has 0 aromatic heterocycles. The average molecular weight is 653 g/mol. The average Bonchev–Trinajstić information content (AvgIpc) is 3.02. The van der Waals surface area contributed by atoms with Gasteiger partial charge in [0.25, 0.3) is 0 Å². The molecule has 0 aromatic rings. The van der Waals surface area contributed by atoms with Crippen LogP contribution in [-0.4, -0.2) is 47.8 Å². The number of aliphatic hydroxyl groups is 1. The zero-order valence-electron chi connectivity index (χ0n) is 28.3. The van der Waals surface area contributed by atoms with Crippen LogP contribution in [0.1, 0.15) is 129 Å². The van der Waals surface area contributed by atoms with Gasteiger partial charge in [-0.15, -0.1) is 0 Å². The molecule has 0 aliphatic carbocycles. The largest absolute Gasteiger partial charge is 0.472 e. The summed E-state index contributed by atoms with van der Waals surface area (Å²) in [7, 11) is -4.34. The SMILES string of the molecule is CC/C=C/CC/C=C/CC/C=C/C(O)C(COP(=O)(O)OCCN)NC(=O)CCCCCCC/C=C\C/C=C\CCCCCC. The summed E-state index contributed by atoms with van der Waals surface area (Å²) in [5.74, 6) is -0.229. The van der Waals surface area contributed by atoms with Crippen LogP contribution >= 0.6 is 7.82 Å². The van der Waals surface area contributed by atoms with E-state index in [1.165, 1.54) is 32.1 Å². The van der Waals surface area contributed by atoms with E-state index in [1.807, 2.05) is 6.08 Å². The van der Waals surface area contributed by atoms with Crippen molar-refractivity contribution in [1.29, 1.82) is 0 Å². The summed E-state index contributed by atoms with van der Waals surface area (Å²) >= 11 is 0. The maximum absolute atomic E-state index is 12.6. The topological polar surface area (TPSA) is 131 Å². The Labute approximate surface area is 274 Å². The molecule has 1 amide bonds. The van der Waals surface area contributed by atoms with Crippen LogP contribution in [0, 0.1) is 0 Å². The van der Waals surface area contributed by atoms with E-state index in [0.29, 0.717) is 6.42 Å².